The van der Waals surface area contributed by atoms with Gasteiger partial charge in [-0.2, -0.15) is 5.10 Å². The first-order valence-corrected chi connectivity index (χ1v) is 9.18. The number of nitrogens with zero attached hydrogens (tertiary/aromatic N) is 4. The van der Waals surface area contributed by atoms with Crippen molar-refractivity contribution < 1.29 is 4.74 Å². The zero-order valence-corrected chi connectivity index (χ0v) is 15.2. The van der Waals surface area contributed by atoms with Gasteiger partial charge < -0.3 is 4.74 Å². The zero-order chi connectivity index (χ0) is 17.2. The topological polar surface area (TPSA) is 34.7 Å². The van der Waals surface area contributed by atoms with E-state index in [1.807, 2.05) is 40.4 Å². The highest BCUT2D eigenvalue weighted by Gasteiger charge is 2.26. The van der Waals surface area contributed by atoms with E-state index in [1.165, 1.54) is 12.0 Å². The molecule has 0 unspecified atom stereocenters. The van der Waals surface area contributed by atoms with Crippen molar-refractivity contribution in [2.45, 2.75) is 32.5 Å². The van der Waals surface area contributed by atoms with E-state index in [1.54, 1.807) is 0 Å². The molecule has 0 amide bonds. The average molecular weight is 354 g/mol. The quantitative estimate of drug-likeness (QED) is 0.647. The fourth-order valence-corrected chi connectivity index (χ4v) is 3.81. The minimum Gasteiger partial charge on any atom is -0.494 e. The van der Waals surface area contributed by atoms with E-state index < -0.39 is 0 Å². The lowest BCUT2D eigenvalue weighted by Gasteiger charge is -2.24. The Morgan fingerprint density at radius 1 is 1.20 bits per heavy atom. The zero-order valence-electron chi connectivity index (χ0n) is 14.3. The van der Waals surface area contributed by atoms with Gasteiger partial charge in [0.05, 0.1) is 13.3 Å². The molecule has 1 fully saturated rings. The summed E-state index contributed by atoms with van der Waals surface area (Å²) in [6.45, 7) is 4.48. The van der Waals surface area contributed by atoms with E-state index >= 15 is 0 Å². The summed E-state index contributed by atoms with van der Waals surface area (Å²) in [6, 6.07) is 14.8. The second kappa shape index (κ2) is 6.98. The third-order valence-corrected chi connectivity index (χ3v) is 5.15. The van der Waals surface area contributed by atoms with Gasteiger partial charge in [0.25, 0.3) is 0 Å². The lowest BCUT2D eigenvalue weighted by molar-refractivity contribution is 0.190. The van der Waals surface area contributed by atoms with Crippen molar-refractivity contribution in [1.29, 1.82) is 0 Å². The first-order valence-electron chi connectivity index (χ1n) is 8.77. The smallest absolute Gasteiger partial charge is 0.203 e. The molecule has 130 valence electrons. The molecule has 2 aromatic heterocycles. The van der Waals surface area contributed by atoms with E-state index in [2.05, 4.69) is 34.3 Å². The summed E-state index contributed by atoms with van der Waals surface area (Å²) in [7, 11) is 0. The molecule has 1 saturated heterocycles. The van der Waals surface area contributed by atoms with Crippen LogP contribution in [0.5, 0.6) is 5.75 Å². The first-order chi connectivity index (χ1) is 12.3. The molecule has 0 aliphatic carbocycles. The van der Waals surface area contributed by atoms with Crippen molar-refractivity contribution in [3.05, 3.63) is 59.0 Å². The maximum atomic E-state index is 5.58. The standard InChI is InChI=1S/C19H22N4OS/c1-2-24-16-10-8-15(9-11-16)17-6-5-12-21(17)14-23-19(25)22-13-4-3-7-18(22)20-23/h3-4,7-11,13,17H,2,5-6,12,14H2,1H3/t17-/m0/s1. The van der Waals surface area contributed by atoms with E-state index in [0.29, 0.717) is 12.6 Å². The second-order valence-corrected chi connectivity index (χ2v) is 6.69. The van der Waals surface area contributed by atoms with Crippen LogP contribution in [0, 0.1) is 4.77 Å². The Morgan fingerprint density at radius 3 is 2.80 bits per heavy atom. The Labute approximate surface area is 152 Å². The molecule has 0 saturated carbocycles. The van der Waals surface area contributed by atoms with Crippen LogP contribution < -0.4 is 4.74 Å². The summed E-state index contributed by atoms with van der Waals surface area (Å²) < 4.78 is 10.2. The third-order valence-electron chi connectivity index (χ3n) is 4.74. The van der Waals surface area contributed by atoms with Gasteiger partial charge in [-0.15, -0.1) is 0 Å². The van der Waals surface area contributed by atoms with Gasteiger partial charge in [0.15, 0.2) is 5.65 Å². The SMILES string of the molecule is CCOc1ccc([C@@H]2CCCN2Cn2nc3ccccn3c2=S)cc1. The minimum absolute atomic E-state index is 0.405. The van der Waals surface area contributed by atoms with E-state index in [4.69, 9.17) is 17.0 Å². The second-order valence-electron chi connectivity index (χ2n) is 6.32. The maximum Gasteiger partial charge on any atom is 0.203 e. The molecule has 5 nitrogen and oxygen atoms in total. The molecule has 1 aliphatic heterocycles. The summed E-state index contributed by atoms with van der Waals surface area (Å²) in [5.41, 5.74) is 2.22. The molecule has 3 aromatic rings. The average Bonchev–Trinajstić information content (AvgIpc) is 3.22. The molecule has 0 bridgehead atoms. The Hall–Kier alpha value is -2.18. The molecule has 4 rings (SSSR count). The van der Waals surface area contributed by atoms with Crippen LogP contribution in [0.2, 0.25) is 0 Å². The van der Waals surface area contributed by atoms with Crippen LogP contribution in [0.3, 0.4) is 0 Å². The lowest BCUT2D eigenvalue weighted by atomic mass is 10.0. The fraction of sp³-hybridized carbons (Fsp3) is 0.368. The number of hydrogen-bond acceptors (Lipinski definition) is 4. The third kappa shape index (κ3) is 3.19. The molecule has 0 spiro atoms. The molecule has 25 heavy (non-hydrogen) atoms. The highest BCUT2D eigenvalue weighted by atomic mass is 32.1. The summed E-state index contributed by atoms with van der Waals surface area (Å²) in [5, 5.41) is 4.66. The van der Waals surface area contributed by atoms with Gasteiger partial charge in [0, 0.05) is 18.8 Å². The van der Waals surface area contributed by atoms with Gasteiger partial charge in [-0.1, -0.05) is 18.2 Å². The van der Waals surface area contributed by atoms with Gasteiger partial charge in [-0.25, -0.2) is 4.68 Å². The number of likely N-dealkylation sites (tertiary alicyclic amines) is 1. The van der Waals surface area contributed by atoms with Crippen molar-refractivity contribution in [1.82, 2.24) is 19.1 Å². The number of hydrogen-bond donors (Lipinski definition) is 0. The highest BCUT2D eigenvalue weighted by molar-refractivity contribution is 7.71. The van der Waals surface area contributed by atoms with Crippen LogP contribution in [-0.2, 0) is 6.67 Å². The first kappa shape index (κ1) is 16.3. The number of pyridine rings is 1. The van der Waals surface area contributed by atoms with Crippen molar-refractivity contribution in [3.63, 3.8) is 0 Å². The molecule has 1 aliphatic rings. The van der Waals surface area contributed by atoms with Gasteiger partial charge >= 0.3 is 0 Å². The summed E-state index contributed by atoms with van der Waals surface area (Å²) in [6.07, 6.45) is 4.32. The number of aromatic nitrogens is 3. The fourth-order valence-electron chi connectivity index (χ4n) is 3.56. The Kier molecular flexibility index (Phi) is 4.55. The number of fused-ring (bicyclic) bond motifs is 1. The Balaban J connectivity index is 1.56. The van der Waals surface area contributed by atoms with E-state index in [0.717, 1.165) is 35.8 Å². The van der Waals surface area contributed by atoms with Gasteiger partial charge in [0.2, 0.25) is 4.77 Å². The largest absolute Gasteiger partial charge is 0.494 e. The van der Waals surface area contributed by atoms with Gasteiger partial charge in [-0.3, -0.25) is 9.30 Å². The Morgan fingerprint density at radius 2 is 2.04 bits per heavy atom. The minimum atomic E-state index is 0.405. The number of ether oxygens (including phenoxy) is 1. The molecule has 1 aromatic carbocycles. The van der Waals surface area contributed by atoms with Crippen molar-refractivity contribution >= 4 is 17.9 Å². The van der Waals surface area contributed by atoms with E-state index in [9.17, 15) is 0 Å². The number of rotatable bonds is 5. The van der Waals surface area contributed by atoms with Crippen molar-refractivity contribution in [3.8, 4) is 5.75 Å². The van der Waals surface area contributed by atoms with Crippen LogP contribution in [0.15, 0.2) is 48.7 Å². The molecular formula is C19H22N4OS. The molecule has 1 atom stereocenters. The molecule has 0 N–H and O–H groups in total. The predicted molar refractivity (Wildman–Crippen MR) is 100 cm³/mol. The number of benzene rings is 1. The van der Waals surface area contributed by atoms with Crippen molar-refractivity contribution in [2.24, 2.45) is 0 Å². The molecule has 3 heterocycles. The van der Waals surface area contributed by atoms with Crippen LogP contribution in [0.4, 0.5) is 0 Å². The molecular weight excluding hydrogens is 332 g/mol. The molecule has 6 heteroatoms. The van der Waals surface area contributed by atoms with E-state index in [-0.39, 0.29) is 0 Å². The Bertz CT molecular complexity index is 915. The molecule has 0 radical (unpaired) electrons. The summed E-state index contributed by atoms with van der Waals surface area (Å²) >= 11 is 5.58. The van der Waals surface area contributed by atoms with Crippen molar-refractivity contribution in [2.75, 3.05) is 13.2 Å². The van der Waals surface area contributed by atoms with Crippen LogP contribution >= 0.6 is 12.2 Å². The lowest BCUT2D eigenvalue weighted by Crippen LogP contribution is -2.26. The summed E-state index contributed by atoms with van der Waals surface area (Å²) in [4.78, 5) is 2.46. The highest BCUT2D eigenvalue weighted by Crippen LogP contribution is 2.33. The van der Waals surface area contributed by atoms with Gasteiger partial charge in [0.1, 0.15) is 5.75 Å². The normalized spacial score (nSPS) is 18.0. The predicted octanol–water partition coefficient (Wildman–Crippen LogP) is 4.06. The maximum absolute atomic E-state index is 5.58. The van der Waals surface area contributed by atoms with Crippen LogP contribution in [0.25, 0.3) is 5.65 Å². The van der Waals surface area contributed by atoms with Crippen LogP contribution in [-0.4, -0.2) is 32.2 Å². The summed E-state index contributed by atoms with van der Waals surface area (Å²) in [5.74, 6) is 0.929. The van der Waals surface area contributed by atoms with Gasteiger partial charge in [-0.05, 0) is 61.8 Å². The monoisotopic (exact) mass is 354 g/mol. The van der Waals surface area contributed by atoms with Crippen LogP contribution in [0.1, 0.15) is 31.4 Å².